The standard InChI is InChI=1S/C14H21N3O2/c15-11-13(10-12-4-2-1-3-5-12)14(18)16-17-6-8-19-9-7-17/h1-5,13H,6-11,15H2,(H,16,18). The second-order valence-electron chi connectivity index (χ2n) is 4.70. The average Bonchev–Trinajstić information content (AvgIpc) is 2.47. The Hall–Kier alpha value is -1.43. The van der Waals surface area contributed by atoms with Gasteiger partial charge in [0.25, 0.3) is 0 Å². The molecule has 1 aromatic rings. The highest BCUT2D eigenvalue weighted by atomic mass is 16.5. The van der Waals surface area contributed by atoms with E-state index in [2.05, 4.69) is 5.43 Å². The summed E-state index contributed by atoms with van der Waals surface area (Å²) in [7, 11) is 0. The van der Waals surface area contributed by atoms with Crippen LogP contribution in [0.3, 0.4) is 0 Å². The van der Waals surface area contributed by atoms with Gasteiger partial charge in [0.2, 0.25) is 5.91 Å². The number of nitrogens with two attached hydrogens (primary N) is 1. The van der Waals surface area contributed by atoms with E-state index in [0.717, 1.165) is 18.7 Å². The number of morpholine rings is 1. The third-order valence-corrected chi connectivity index (χ3v) is 3.26. The average molecular weight is 263 g/mol. The van der Waals surface area contributed by atoms with Crippen molar-refractivity contribution in [2.45, 2.75) is 6.42 Å². The van der Waals surface area contributed by atoms with E-state index in [1.807, 2.05) is 35.3 Å². The summed E-state index contributed by atoms with van der Waals surface area (Å²) in [5, 5.41) is 1.90. The van der Waals surface area contributed by atoms with E-state index in [-0.39, 0.29) is 11.8 Å². The Kier molecular flexibility index (Phi) is 5.32. The summed E-state index contributed by atoms with van der Waals surface area (Å²) in [6.07, 6.45) is 0.674. The minimum absolute atomic E-state index is 0.00625. The number of ether oxygens (including phenoxy) is 1. The number of carbonyl (C=O) groups is 1. The Bertz CT molecular complexity index is 391. The fourth-order valence-corrected chi connectivity index (χ4v) is 2.10. The van der Waals surface area contributed by atoms with Crippen LogP contribution in [0.4, 0.5) is 0 Å². The molecule has 0 bridgehead atoms. The van der Waals surface area contributed by atoms with Gasteiger partial charge in [0, 0.05) is 19.6 Å². The number of carbonyl (C=O) groups excluding carboxylic acids is 1. The van der Waals surface area contributed by atoms with Crippen molar-refractivity contribution < 1.29 is 9.53 Å². The molecular weight excluding hydrogens is 242 g/mol. The molecule has 0 aromatic heterocycles. The molecule has 0 radical (unpaired) electrons. The van der Waals surface area contributed by atoms with E-state index in [4.69, 9.17) is 10.5 Å². The fourth-order valence-electron chi connectivity index (χ4n) is 2.10. The molecule has 0 spiro atoms. The predicted octanol–water partition coefficient (Wildman–Crippen LogP) is 0.167. The fraction of sp³-hybridized carbons (Fsp3) is 0.500. The normalized spacial score (nSPS) is 17.9. The number of nitrogens with one attached hydrogen (secondary N) is 1. The zero-order valence-corrected chi connectivity index (χ0v) is 11.0. The van der Waals surface area contributed by atoms with Crippen LogP contribution < -0.4 is 11.2 Å². The van der Waals surface area contributed by atoms with E-state index < -0.39 is 0 Å². The minimum atomic E-state index is -0.190. The van der Waals surface area contributed by atoms with E-state index in [9.17, 15) is 4.79 Å². The summed E-state index contributed by atoms with van der Waals surface area (Å²) >= 11 is 0. The first-order chi connectivity index (χ1) is 9.29. The highest BCUT2D eigenvalue weighted by Gasteiger charge is 2.20. The van der Waals surface area contributed by atoms with Crippen molar-refractivity contribution in [1.29, 1.82) is 0 Å². The van der Waals surface area contributed by atoms with Crippen LogP contribution in [0.1, 0.15) is 5.56 Å². The molecule has 104 valence electrons. The molecule has 1 aromatic carbocycles. The van der Waals surface area contributed by atoms with Gasteiger partial charge in [0.1, 0.15) is 0 Å². The molecule has 1 unspecified atom stereocenters. The maximum atomic E-state index is 12.2. The van der Waals surface area contributed by atoms with Crippen molar-refractivity contribution in [3.05, 3.63) is 35.9 Å². The van der Waals surface area contributed by atoms with Crippen LogP contribution >= 0.6 is 0 Å². The second kappa shape index (κ2) is 7.23. The van der Waals surface area contributed by atoms with Gasteiger partial charge in [-0.05, 0) is 12.0 Å². The van der Waals surface area contributed by atoms with Crippen LogP contribution in [0.5, 0.6) is 0 Å². The minimum Gasteiger partial charge on any atom is -0.379 e. The summed E-state index contributed by atoms with van der Waals surface area (Å²) in [6.45, 7) is 3.13. The van der Waals surface area contributed by atoms with Gasteiger partial charge in [-0.15, -0.1) is 0 Å². The van der Waals surface area contributed by atoms with E-state index >= 15 is 0 Å². The molecular formula is C14H21N3O2. The van der Waals surface area contributed by atoms with Crippen molar-refractivity contribution in [3.8, 4) is 0 Å². The lowest BCUT2D eigenvalue weighted by molar-refractivity contribution is -0.131. The zero-order chi connectivity index (χ0) is 13.5. The van der Waals surface area contributed by atoms with Crippen molar-refractivity contribution >= 4 is 5.91 Å². The Morgan fingerprint density at radius 1 is 1.32 bits per heavy atom. The van der Waals surface area contributed by atoms with Crippen LogP contribution in [-0.4, -0.2) is 43.8 Å². The Morgan fingerprint density at radius 3 is 2.63 bits per heavy atom. The quantitative estimate of drug-likeness (QED) is 0.794. The maximum absolute atomic E-state index is 12.2. The van der Waals surface area contributed by atoms with Crippen LogP contribution in [-0.2, 0) is 16.0 Å². The van der Waals surface area contributed by atoms with Crippen molar-refractivity contribution in [2.75, 3.05) is 32.8 Å². The first kappa shape index (κ1) is 14.0. The molecule has 1 aliphatic heterocycles. The number of rotatable bonds is 5. The summed E-state index contributed by atoms with van der Waals surface area (Å²) in [5.41, 5.74) is 9.78. The van der Waals surface area contributed by atoms with Crippen LogP contribution in [0.2, 0.25) is 0 Å². The molecule has 3 N–H and O–H groups in total. The van der Waals surface area contributed by atoms with Gasteiger partial charge >= 0.3 is 0 Å². The second-order valence-corrected chi connectivity index (χ2v) is 4.70. The summed E-state index contributed by atoms with van der Waals surface area (Å²) in [6, 6.07) is 9.95. The molecule has 2 rings (SSSR count). The molecule has 1 atom stereocenters. The molecule has 0 saturated carbocycles. The van der Waals surface area contributed by atoms with Gasteiger partial charge in [-0.25, -0.2) is 5.01 Å². The van der Waals surface area contributed by atoms with E-state index in [0.29, 0.717) is 26.2 Å². The SMILES string of the molecule is NCC(Cc1ccccc1)C(=O)NN1CCOCC1. The van der Waals surface area contributed by atoms with Gasteiger partial charge in [-0.2, -0.15) is 0 Å². The van der Waals surface area contributed by atoms with E-state index in [1.165, 1.54) is 0 Å². The number of hydrogen-bond donors (Lipinski definition) is 2. The largest absolute Gasteiger partial charge is 0.379 e. The highest BCUT2D eigenvalue weighted by molar-refractivity contribution is 5.78. The molecule has 5 heteroatoms. The number of nitrogens with zero attached hydrogens (tertiary/aromatic N) is 1. The zero-order valence-electron chi connectivity index (χ0n) is 11.0. The third-order valence-electron chi connectivity index (χ3n) is 3.26. The molecule has 1 amide bonds. The smallest absolute Gasteiger partial charge is 0.239 e. The molecule has 0 aliphatic carbocycles. The summed E-state index contributed by atoms with van der Waals surface area (Å²) < 4.78 is 5.25. The van der Waals surface area contributed by atoms with Gasteiger partial charge in [0.15, 0.2) is 0 Å². The Labute approximate surface area is 113 Å². The van der Waals surface area contributed by atoms with Crippen molar-refractivity contribution in [3.63, 3.8) is 0 Å². The van der Waals surface area contributed by atoms with Gasteiger partial charge in [-0.1, -0.05) is 30.3 Å². The molecule has 19 heavy (non-hydrogen) atoms. The first-order valence-corrected chi connectivity index (χ1v) is 6.67. The van der Waals surface area contributed by atoms with Crippen LogP contribution in [0.15, 0.2) is 30.3 Å². The van der Waals surface area contributed by atoms with Crippen molar-refractivity contribution in [1.82, 2.24) is 10.4 Å². The Balaban J connectivity index is 1.87. The maximum Gasteiger partial charge on any atom is 0.239 e. The van der Waals surface area contributed by atoms with Gasteiger partial charge in [-0.3, -0.25) is 10.2 Å². The van der Waals surface area contributed by atoms with Crippen molar-refractivity contribution in [2.24, 2.45) is 11.7 Å². The number of hydrogen-bond acceptors (Lipinski definition) is 4. The lowest BCUT2D eigenvalue weighted by Gasteiger charge is -2.28. The number of amides is 1. The van der Waals surface area contributed by atoms with E-state index in [1.54, 1.807) is 0 Å². The summed E-state index contributed by atoms with van der Waals surface area (Å²) in [5.74, 6) is -0.196. The van der Waals surface area contributed by atoms with Gasteiger partial charge in [0.05, 0.1) is 19.1 Å². The summed E-state index contributed by atoms with van der Waals surface area (Å²) in [4.78, 5) is 12.2. The lowest BCUT2D eigenvalue weighted by atomic mass is 9.99. The Morgan fingerprint density at radius 2 is 2.00 bits per heavy atom. The third kappa shape index (κ3) is 4.31. The molecule has 1 saturated heterocycles. The predicted molar refractivity (Wildman–Crippen MR) is 73.2 cm³/mol. The lowest BCUT2D eigenvalue weighted by Crippen LogP contribution is -2.51. The first-order valence-electron chi connectivity index (χ1n) is 6.67. The van der Waals surface area contributed by atoms with Gasteiger partial charge < -0.3 is 10.5 Å². The number of hydrazine groups is 1. The highest BCUT2D eigenvalue weighted by Crippen LogP contribution is 2.08. The molecule has 1 aliphatic rings. The molecule has 1 heterocycles. The van der Waals surface area contributed by atoms with Crippen LogP contribution in [0.25, 0.3) is 0 Å². The van der Waals surface area contributed by atoms with Crippen LogP contribution in [0, 0.1) is 5.92 Å². The topological polar surface area (TPSA) is 67.6 Å². The number of benzene rings is 1. The molecule has 1 fully saturated rings. The monoisotopic (exact) mass is 263 g/mol. The molecule has 5 nitrogen and oxygen atoms in total.